The molecule has 2 N–H and O–H groups in total. The van der Waals surface area contributed by atoms with E-state index in [1.165, 1.54) is 0 Å². The largest absolute Gasteiger partial charge is 0.493 e. The van der Waals surface area contributed by atoms with E-state index in [-0.39, 0.29) is 34.1 Å². The monoisotopic (exact) mass is 592 g/mol. The quantitative estimate of drug-likeness (QED) is 0.207. The maximum atomic E-state index is 6.44. The molecule has 1 heterocycles. The molecule has 1 aliphatic carbocycles. The minimum atomic E-state index is -0.145. The Balaban J connectivity index is 1.28. The van der Waals surface area contributed by atoms with E-state index in [0.717, 1.165) is 59.8 Å². The van der Waals surface area contributed by atoms with Crippen molar-refractivity contribution in [3.8, 4) is 17.2 Å². The molecule has 4 rings (SSSR count). The summed E-state index contributed by atoms with van der Waals surface area (Å²) in [7, 11) is 0. The normalized spacial score (nSPS) is 18.8. The molecule has 1 saturated carbocycles. The lowest BCUT2D eigenvalue weighted by atomic mass is 9.76. The van der Waals surface area contributed by atoms with Gasteiger partial charge in [-0.2, -0.15) is 0 Å². The van der Waals surface area contributed by atoms with E-state index in [1.807, 2.05) is 36.4 Å². The highest BCUT2D eigenvalue weighted by atomic mass is 16.5. The van der Waals surface area contributed by atoms with Crippen molar-refractivity contribution in [1.29, 1.82) is 0 Å². The molecule has 3 aromatic rings. The van der Waals surface area contributed by atoms with Crippen LogP contribution in [0.4, 0.5) is 0 Å². The molecule has 0 radical (unpaired) electrons. The van der Waals surface area contributed by atoms with Gasteiger partial charge in [0.25, 0.3) is 0 Å². The second-order valence-corrected chi connectivity index (χ2v) is 16.2. The lowest BCUT2D eigenvalue weighted by molar-refractivity contribution is 0.0662. The predicted octanol–water partition coefficient (Wildman–Crippen LogP) is 8.66. The van der Waals surface area contributed by atoms with Crippen LogP contribution in [-0.2, 0) is 5.41 Å². The fraction of sp³-hybridized carbons (Fsp3) is 0.622. The molecule has 0 amide bonds. The van der Waals surface area contributed by atoms with Gasteiger partial charge < -0.3 is 29.3 Å². The average molecular weight is 593 g/mol. The van der Waals surface area contributed by atoms with Crippen molar-refractivity contribution in [3.63, 3.8) is 0 Å². The Kier molecular flexibility index (Phi) is 9.83. The average Bonchev–Trinajstić information content (AvgIpc) is 3.28. The van der Waals surface area contributed by atoms with Gasteiger partial charge in [0.2, 0.25) is 0 Å². The molecule has 0 saturated heterocycles. The third kappa shape index (κ3) is 10.2. The molecule has 1 fully saturated rings. The van der Waals surface area contributed by atoms with Crippen molar-refractivity contribution < 1.29 is 18.6 Å². The van der Waals surface area contributed by atoms with Crippen LogP contribution in [0.2, 0.25) is 0 Å². The number of hydrogen-bond donors (Lipinski definition) is 2. The minimum Gasteiger partial charge on any atom is -0.493 e. The predicted molar refractivity (Wildman–Crippen MR) is 178 cm³/mol. The molecular weight excluding hydrogens is 536 g/mol. The van der Waals surface area contributed by atoms with Crippen molar-refractivity contribution in [2.75, 3.05) is 13.2 Å². The van der Waals surface area contributed by atoms with Crippen LogP contribution in [0, 0.1) is 5.41 Å². The summed E-state index contributed by atoms with van der Waals surface area (Å²) < 4.78 is 24.9. The van der Waals surface area contributed by atoms with Crippen LogP contribution in [-0.4, -0.2) is 42.5 Å². The van der Waals surface area contributed by atoms with Gasteiger partial charge in [0.15, 0.2) is 0 Å². The van der Waals surface area contributed by atoms with E-state index >= 15 is 0 Å². The number of furan rings is 1. The zero-order valence-electron chi connectivity index (χ0n) is 28.5. The summed E-state index contributed by atoms with van der Waals surface area (Å²) in [6.07, 6.45) is 3.21. The van der Waals surface area contributed by atoms with E-state index in [0.29, 0.717) is 12.6 Å². The number of nitrogens with one attached hydrogen (secondary N) is 2. The van der Waals surface area contributed by atoms with Gasteiger partial charge in [-0.3, -0.25) is 0 Å². The molecule has 1 atom stereocenters. The lowest BCUT2D eigenvalue weighted by Gasteiger charge is -2.43. The highest BCUT2D eigenvalue weighted by Gasteiger charge is 2.38. The van der Waals surface area contributed by atoms with Crippen molar-refractivity contribution in [2.45, 2.75) is 130 Å². The van der Waals surface area contributed by atoms with Crippen molar-refractivity contribution in [1.82, 2.24) is 10.6 Å². The molecule has 2 aromatic carbocycles. The molecule has 43 heavy (non-hydrogen) atoms. The standard InChI is InChI=1S/C37H56N2O4/c1-25(22-38-35(5,6)7)41-30-16-15-26-17-33(43-32(26)21-30)36(8,9)23-37(10,11)39-27-18-31(19-27)42-29-14-12-13-28(20-29)40-24-34(2,3)4/h12-17,20-21,25,27,31,38-39H,18-19,22-24H2,1-11H3. The zero-order chi connectivity index (χ0) is 31.6. The molecule has 0 spiro atoms. The third-order valence-corrected chi connectivity index (χ3v) is 7.77. The summed E-state index contributed by atoms with van der Waals surface area (Å²) in [6, 6.07) is 16.8. The molecule has 6 nitrogen and oxygen atoms in total. The van der Waals surface area contributed by atoms with E-state index in [9.17, 15) is 0 Å². The number of rotatable bonds is 13. The fourth-order valence-corrected chi connectivity index (χ4v) is 5.85. The van der Waals surface area contributed by atoms with Gasteiger partial charge >= 0.3 is 0 Å². The summed E-state index contributed by atoms with van der Waals surface area (Å²) in [4.78, 5) is 0. The molecule has 1 aliphatic rings. The number of benzene rings is 2. The van der Waals surface area contributed by atoms with Crippen LogP contribution in [0.3, 0.4) is 0 Å². The maximum absolute atomic E-state index is 6.44. The Morgan fingerprint density at radius 2 is 1.56 bits per heavy atom. The van der Waals surface area contributed by atoms with Crippen LogP contribution >= 0.6 is 0 Å². The van der Waals surface area contributed by atoms with Gasteiger partial charge in [0.05, 0.1) is 6.61 Å². The topological polar surface area (TPSA) is 64.9 Å². The molecule has 0 aliphatic heterocycles. The molecular formula is C37H56N2O4. The van der Waals surface area contributed by atoms with E-state index in [2.05, 4.69) is 98.9 Å². The second-order valence-electron chi connectivity index (χ2n) is 16.2. The molecule has 1 unspecified atom stereocenters. The van der Waals surface area contributed by atoms with Gasteiger partial charge in [-0.25, -0.2) is 0 Å². The van der Waals surface area contributed by atoms with E-state index < -0.39 is 0 Å². The van der Waals surface area contributed by atoms with Gasteiger partial charge in [-0.05, 0) is 96.6 Å². The zero-order valence-corrected chi connectivity index (χ0v) is 28.5. The highest BCUT2D eigenvalue weighted by molar-refractivity contribution is 5.79. The fourth-order valence-electron chi connectivity index (χ4n) is 5.85. The van der Waals surface area contributed by atoms with Crippen LogP contribution in [0.5, 0.6) is 17.2 Å². The lowest BCUT2D eigenvalue weighted by Crippen LogP contribution is -2.55. The van der Waals surface area contributed by atoms with Crippen LogP contribution in [0.1, 0.15) is 101 Å². The first kappa shape index (κ1) is 33.2. The first-order chi connectivity index (χ1) is 19.9. The van der Waals surface area contributed by atoms with Gasteiger partial charge in [0.1, 0.15) is 40.8 Å². The minimum absolute atomic E-state index is 0.0588. The number of fused-ring (bicyclic) bond motifs is 1. The first-order valence-corrected chi connectivity index (χ1v) is 16.0. The SMILES string of the molecule is CC(CNC(C)(C)C)Oc1ccc2cc(C(C)(C)CC(C)(C)NC3CC(Oc4cccc(OCC(C)(C)C)c4)C3)oc2c1. The second kappa shape index (κ2) is 12.7. The van der Waals surface area contributed by atoms with E-state index in [4.69, 9.17) is 18.6 Å². The van der Waals surface area contributed by atoms with Gasteiger partial charge in [-0.15, -0.1) is 0 Å². The Morgan fingerprint density at radius 3 is 2.23 bits per heavy atom. The molecule has 0 bridgehead atoms. The van der Waals surface area contributed by atoms with Crippen LogP contribution < -0.4 is 24.8 Å². The smallest absolute Gasteiger partial charge is 0.137 e. The van der Waals surface area contributed by atoms with E-state index in [1.54, 1.807) is 0 Å². The molecule has 238 valence electrons. The Bertz CT molecular complexity index is 1340. The summed E-state index contributed by atoms with van der Waals surface area (Å²) in [6.45, 7) is 25.7. The summed E-state index contributed by atoms with van der Waals surface area (Å²) in [5.41, 5.74) is 0.842. The number of hydrogen-bond acceptors (Lipinski definition) is 6. The van der Waals surface area contributed by atoms with Gasteiger partial charge in [0, 0.05) is 46.6 Å². The molecule has 1 aromatic heterocycles. The Morgan fingerprint density at radius 1 is 0.860 bits per heavy atom. The first-order valence-electron chi connectivity index (χ1n) is 16.0. The molecule has 6 heteroatoms. The Hall–Kier alpha value is -2.70. The van der Waals surface area contributed by atoms with Crippen molar-refractivity contribution >= 4 is 11.0 Å². The Labute approximate surface area is 260 Å². The van der Waals surface area contributed by atoms with Crippen molar-refractivity contribution in [2.24, 2.45) is 5.41 Å². The van der Waals surface area contributed by atoms with Crippen LogP contribution in [0.15, 0.2) is 52.9 Å². The highest BCUT2D eigenvalue weighted by Crippen LogP contribution is 2.38. The summed E-state index contributed by atoms with van der Waals surface area (Å²) >= 11 is 0. The third-order valence-electron chi connectivity index (χ3n) is 7.77. The summed E-state index contributed by atoms with van der Waals surface area (Å²) in [5, 5.41) is 8.51. The van der Waals surface area contributed by atoms with Gasteiger partial charge in [-0.1, -0.05) is 40.7 Å². The van der Waals surface area contributed by atoms with Crippen molar-refractivity contribution in [3.05, 3.63) is 54.3 Å². The number of ether oxygens (including phenoxy) is 3. The summed E-state index contributed by atoms with van der Waals surface area (Å²) in [5.74, 6) is 3.58. The van der Waals surface area contributed by atoms with Crippen LogP contribution in [0.25, 0.3) is 11.0 Å². The maximum Gasteiger partial charge on any atom is 0.137 e.